The Labute approximate surface area is 153 Å². The van der Waals surface area contributed by atoms with E-state index in [9.17, 15) is 14.0 Å². The van der Waals surface area contributed by atoms with Crippen LogP contribution in [0.5, 0.6) is 0 Å². The Morgan fingerprint density at radius 1 is 1.08 bits per heavy atom. The molecule has 1 heterocycles. The van der Waals surface area contributed by atoms with Gasteiger partial charge >= 0.3 is 0 Å². The van der Waals surface area contributed by atoms with Crippen LogP contribution in [0, 0.1) is 12.7 Å². The molecule has 0 radical (unpaired) electrons. The van der Waals surface area contributed by atoms with E-state index < -0.39 is 11.7 Å². The van der Waals surface area contributed by atoms with E-state index in [2.05, 4.69) is 15.6 Å². The fourth-order valence-electron chi connectivity index (χ4n) is 2.41. The summed E-state index contributed by atoms with van der Waals surface area (Å²) in [5, 5.41) is 5.90. The predicted octanol–water partition coefficient (Wildman–Crippen LogP) is 4.47. The summed E-state index contributed by atoms with van der Waals surface area (Å²) < 4.78 is 13.7. The highest BCUT2D eigenvalue weighted by atomic mass is 32.1. The summed E-state index contributed by atoms with van der Waals surface area (Å²) in [6.07, 6.45) is 0. The van der Waals surface area contributed by atoms with Crippen molar-refractivity contribution in [1.29, 1.82) is 0 Å². The van der Waals surface area contributed by atoms with Gasteiger partial charge in [-0.25, -0.2) is 9.37 Å². The molecule has 0 unspecified atom stereocenters. The van der Waals surface area contributed by atoms with E-state index in [4.69, 9.17) is 0 Å². The number of nitrogens with zero attached hydrogens (tertiary/aromatic N) is 1. The molecule has 0 bridgehead atoms. The SMILES string of the molecule is CC(=O)Nc1cccc(-c2nc(C(=O)Nc3ccccc3F)c(C)s2)c1. The van der Waals surface area contributed by atoms with Gasteiger partial charge in [-0.2, -0.15) is 0 Å². The lowest BCUT2D eigenvalue weighted by atomic mass is 10.2. The Morgan fingerprint density at radius 2 is 1.85 bits per heavy atom. The molecular formula is C19H16FN3O2S. The van der Waals surface area contributed by atoms with E-state index in [1.54, 1.807) is 37.3 Å². The average molecular weight is 369 g/mol. The number of hydrogen-bond acceptors (Lipinski definition) is 4. The van der Waals surface area contributed by atoms with Gasteiger partial charge in [-0.1, -0.05) is 24.3 Å². The first kappa shape index (κ1) is 17.8. The van der Waals surface area contributed by atoms with Crippen LogP contribution in [0.1, 0.15) is 22.3 Å². The lowest BCUT2D eigenvalue weighted by molar-refractivity contribution is -0.114. The molecule has 5 nitrogen and oxygen atoms in total. The van der Waals surface area contributed by atoms with Crippen LogP contribution < -0.4 is 10.6 Å². The summed E-state index contributed by atoms with van der Waals surface area (Å²) in [6, 6.07) is 13.2. The predicted molar refractivity (Wildman–Crippen MR) is 101 cm³/mol. The molecule has 1 aromatic heterocycles. The smallest absolute Gasteiger partial charge is 0.275 e. The molecule has 0 aliphatic rings. The van der Waals surface area contributed by atoms with Crippen molar-refractivity contribution >= 4 is 34.5 Å². The number of para-hydroxylation sites is 1. The van der Waals surface area contributed by atoms with Gasteiger partial charge in [0.15, 0.2) is 0 Å². The Hall–Kier alpha value is -3.06. The molecule has 0 atom stereocenters. The minimum Gasteiger partial charge on any atom is -0.326 e. The number of halogens is 1. The number of nitrogens with one attached hydrogen (secondary N) is 2. The van der Waals surface area contributed by atoms with Crippen LogP contribution in [0.15, 0.2) is 48.5 Å². The summed E-state index contributed by atoms with van der Waals surface area (Å²) in [5.74, 6) is -1.13. The summed E-state index contributed by atoms with van der Waals surface area (Å²) in [4.78, 5) is 28.8. The van der Waals surface area contributed by atoms with Crippen LogP contribution in [0.2, 0.25) is 0 Å². The van der Waals surface area contributed by atoms with Crippen LogP contribution in [-0.4, -0.2) is 16.8 Å². The number of thiazole rings is 1. The van der Waals surface area contributed by atoms with Gasteiger partial charge in [-0.15, -0.1) is 11.3 Å². The molecule has 2 aromatic carbocycles. The van der Waals surface area contributed by atoms with Crippen molar-refractivity contribution in [2.45, 2.75) is 13.8 Å². The fourth-order valence-corrected chi connectivity index (χ4v) is 3.31. The minimum absolute atomic E-state index is 0.110. The topological polar surface area (TPSA) is 71.1 Å². The molecule has 2 amide bonds. The molecule has 0 saturated heterocycles. The first-order valence-corrected chi connectivity index (χ1v) is 8.67. The number of rotatable bonds is 4. The van der Waals surface area contributed by atoms with Crippen molar-refractivity contribution in [3.63, 3.8) is 0 Å². The summed E-state index contributed by atoms with van der Waals surface area (Å²) in [7, 11) is 0. The van der Waals surface area contributed by atoms with E-state index in [1.807, 2.05) is 6.07 Å². The molecule has 0 aliphatic carbocycles. The number of hydrogen-bond donors (Lipinski definition) is 2. The first-order valence-electron chi connectivity index (χ1n) is 7.85. The van der Waals surface area contributed by atoms with Gasteiger partial charge in [-0.05, 0) is 31.2 Å². The monoisotopic (exact) mass is 369 g/mol. The third-order valence-corrected chi connectivity index (χ3v) is 4.58. The molecule has 3 rings (SSSR count). The van der Waals surface area contributed by atoms with Crippen LogP contribution in [-0.2, 0) is 4.79 Å². The molecule has 26 heavy (non-hydrogen) atoms. The van der Waals surface area contributed by atoms with E-state index in [0.717, 1.165) is 10.4 Å². The zero-order valence-electron chi connectivity index (χ0n) is 14.2. The molecule has 132 valence electrons. The van der Waals surface area contributed by atoms with E-state index in [0.29, 0.717) is 10.7 Å². The number of benzene rings is 2. The highest BCUT2D eigenvalue weighted by Gasteiger charge is 2.17. The number of amides is 2. The second-order valence-corrected chi connectivity index (χ2v) is 6.82. The quantitative estimate of drug-likeness (QED) is 0.713. The molecule has 0 aliphatic heterocycles. The molecule has 0 fully saturated rings. The van der Waals surface area contributed by atoms with Crippen LogP contribution in [0.25, 0.3) is 10.6 Å². The largest absolute Gasteiger partial charge is 0.326 e. The van der Waals surface area contributed by atoms with E-state index in [-0.39, 0.29) is 17.3 Å². The van der Waals surface area contributed by atoms with Crippen LogP contribution >= 0.6 is 11.3 Å². The standard InChI is InChI=1S/C19H16FN3O2S/c1-11-17(18(25)22-16-9-4-3-8-15(16)20)23-19(26-11)13-6-5-7-14(10-13)21-12(2)24/h3-10H,1-2H3,(H,21,24)(H,22,25). The maximum Gasteiger partial charge on any atom is 0.275 e. The lowest BCUT2D eigenvalue weighted by Crippen LogP contribution is -2.14. The Morgan fingerprint density at radius 3 is 2.58 bits per heavy atom. The van der Waals surface area contributed by atoms with E-state index >= 15 is 0 Å². The Bertz CT molecular complexity index is 984. The van der Waals surface area contributed by atoms with Gasteiger partial charge < -0.3 is 10.6 Å². The van der Waals surface area contributed by atoms with Crippen molar-refractivity contribution < 1.29 is 14.0 Å². The van der Waals surface area contributed by atoms with Crippen molar-refractivity contribution in [1.82, 2.24) is 4.98 Å². The zero-order chi connectivity index (χ0) is 18.7. The van der Waals surface area contributed by atoms with Crippen molar-refractivity contribution in [2.75, 3.05) is 10.6 Å². The maximum absolute atomic E-state index is 13.7. The third-order valence-electron chi connectivity index (χ3n) is 3.56. The second-order valence-electron chi connectivity index (χ2n) is 5.62. The van der Waals surface area contributed by atoms with Gasteiger partial charge in [0.1, 0.15) is 16.5 Å². The highest BCUT2D eigenvalue weighted by molar-refractivity contribution is 7.15. The fraction of sp³-hybridized carbons (Fsp3) is 0.105. The first-order chi connectivity index (χ1) is 12.4. The number of carbonyl (C=O) groups is 2. The van der Waals surface area contributed by atoms with Gasteiger partial charge in [0.05, 0.1) is 5.69 Å². The van der Waals surface area contributed by atoms with Gasteiger partial charge in [0, 0.05) is 23.1 Å². The lowest BCUT2D eigenvalue weighted by Gasteiger charge is -2.05. The van der Waals surface area contributed by atoms with Crippen molar-refractivity contribution in [3.8, 4) is 10.6 Å². The van der Waals surface area contributed by atoms with Crippen LogP contribution in [0.4, 0.5) is 15.8 Å². The molecule has 7 heteroatoms. The summed E-state index contributed by atoms with van der Waals surface area (Å²) >= 11 is 1.36. The molecule has 3 aromatic rings. The van der Waals surface area contributed by atoms with Gasteiger partial charge in [0.2, 0.25) is 5.91 Å². The summed E-state index contributed by atoms with van der Waals surface area (Å²) in [6.45, 7) is 3.22. The number of carbonyl (C=O) groups excluding carboxylic acids is 2. The van der Waals surface area contributed by atoms with Crippen molar-refractivity contribution in [2.24, 2.45) is 0 Å². The minimum atomic E-state index is -0.503. The molecule has 0 saturated carbocycles. The Kier molecular flexibility index (Phi) is 5.09. The normalized spacial score (nSPS) is 10.4. The van der Waals surface area contributed by atoms with Gasteiger partial charge in [-0.3, -0.25) is 9.59 Å². The zero-order valence-corrected chi connectivity index (χ0v) is 15.0. The summed E-state index contributed by atoms with van der Waals surface area (Å²) in [5.41, 5.74) is 1.80. The van der Waals surface area contributed by atoms with Crippen LogP contribution in [0.3, 0.4) is 0 Å². The third kappa shape index (κ3) is 3.94. The average Bonchev–Trinajstić information content (AvgIpc) is 2.98. The maximum atomic E-state index is 13.7. The van der Waals surface area contributed by atoms with Gasteiger partial charge in [0.25, 0.3) is 5.91 Å². The van der Waals surface area contributed by atoms with Crippen molar-refractivity contribution in [3.05, 3.63) is 64.9 Å². The highest BCUT2D eigenvalue weighted by Crippen LogP contribution is 2.30. The molecule has 0 spiro atoms. The Balaban J connectivity index is 1.86. The second kappa shape index (κ2) is 7.45. The molecular weight excluding hydrogens is 353 g/mol. The number of aryl methyl sites for hydroxylation is 1. The van der Waals surface area contributed by atoms with E-state index in [1.165, 1.54) is 30.4 Å². The number of aromatic nitrogens is 1. The molecule has 2 N–H and O–H groups in total. The number of anilines is 2.